The van der Waals surface area contributed by atoms with Crippen LogP contribution in [0.3, 0.4) is 0 Å². The number of nitrogens with one attached hydrogen (secondary N) is 1. The molecule has 0 spiro atoms. The van der Waals surface area contributed by atoms with Gasteiger partial charge in [-0.3, -0.25) is 4.68 Å². The first-order valence-corrected chi connectivity index (χ1v) is 7.48. The van der Waals surface area contributed by atoms with Gasteiger partial charge in [0.25, 0.3) is 0 Å². The van der Waals surface area contributed by atoms with Gasteiger partial charge in [0.15, 0.2) is 5.65 Å². The fourth-order valence-electron chi connectivity index (χ4n) is 2.71. The molecular weight excluding hydrogens is 343 g/mol. The Morgan fingerprint density at radius 1 is 1.24 bits per heavy atom. The van der Waals surface area contributed by atoms with E-state index in [1.165, 1.54) is 6.07 Å². The van der Waals surface area contributed by atoms with Crippen molar-refractivity contribution in [3.63, 3.8) is 0 Å². The highest BCUT2D eigenvalue weighted by molar-refractivity contribution is 5.91. The van der Waals surface area contributed by atoms with Crippen molar-refractivity contribution in [3.8, 4) is 22.5 Å². The number of nitrogens with zero attached hydrogens (tertiary/aromatic N) is 4. The topological polar surface area (TPSA) is 85.4 Å². The van der Waals surface area contributed by atoms with Crippen LogP contribution in [0.1, 0.15) is 5.56 Å². The highest BCUT2D eigenvalue weighted by Crippen LogP contribution is 2.29. The van der Waals surface area contributed by atoms with E-state index in [1.807, 2.05) is 25.4 Å². The lowest BCUT2D eigenvalue weighted by Crippen LogP contribution is -1.99. The van der Waals surface area contributed by atoms with Crippen LogP contribution in [-0.4, -0.2) is 24.7 Å². The summed E-state index contributed by atoms with van der Waals surface area (Å²) in [6.07, 6.45) is 5.26. The Kier molecular flexibility index (Phi) is 4.52. The number of pyridine rings is 1. The van der Waals surface area contributed by atoms with Crippen LogP contribution < -0.4 is 5.73 Å². The standard InChI is InChI=1S/C17H15FN6.ClH/c1-24-9-12(8-21-24)16-22-15-13(4-5-20-17(15)23-16)10-2-3-11(7-19)14(18)6-10;/h2-6,8-9H,7,19H2,1H3,(H,20,22,23);1H. The summed E-state index contributed by atoms with van der Waals surface area (Å²) < 4.78 is 15.8. The number of H-pyrrole nitrogens is 1. The van der Waals surface area contributed by atoms with Crippen LogP contribution in [0.2, 0.25) is 0 Å². The van der Waals surface area contributed by atoms with E-state index in [0.717, 1.165) is 22.2 Å². The summed E-state index contributed by atoms with van der Waals surface area (Å²) in [6, 6.07) is 6.88. The highest BCUT2D eigenvalue weighted by atomic mass is 35.5. The maximum absolute atomic E-state index is 14.1. The number of halogens is 2. The second-order valence-electron chi connectivity index (χ2n) is 5.56. The van der Waals surface area contributed by atoms with Gasteiger partial charge in [0.2, 0.25) is 0 Å². The van der Waals surface area contributed by atoms with Crippen LogP contribution in [0.5, 0.6) is 0 Å². The number of benzene rings is 1. The molecule has 3 N–H and O–H groups in total. The number of hydrogen-bond acceptors (Lipinski definition) is 4. The van der Waals surface area contributed by atoms with Crippen molar-refractivity contribution in [3.05, 3.63) is 54.2 Å². The maximum Gasteiger partial charge on any atom is 0.178 e. The summed E-state index contributed by atoms with van der Waals surface area (Å²) in [5.41, 5.74) is 9.81. The zero-order chi connectivity index (χ0) is 16.7. The van der Waals surface area contributed by atoms with Crippen molar-refractivity contribution in [2.24, 2.45) is 12.8 Å². The molecule has 25 heavy (non-hydrogen) atoms. The van der Waals surface area contributed by atoms with Crippen molar-refractivity contribution < 1.29 is 4.39 Å². The Morgan fingerprint density at radius 3 is 2.76 bits per heavy atom. The number of aromatic nitrogens is 5. The van der Waals surface area contributed by atoms with Crippen molar-refractivity contribution in [2.45, 2.75) is 6.54 Å². The molecule has 0 amide bonds. The van der Waals surface area contributed by atoms with Gasteiger partial charge in [0.1, 0.15) is 11.6 Å². The predicted molar refractivity (Wildman–Crippen MR) is 96.6 cm³/mol. The lowest BCUT2D eigenvalue weighted by atomic mass is 10.0. The summed E-state index contributed by atoms with van der Waals surface area (Å²) in [4.78, 5) is 12.1. The van der Waals surface area contributed by atoms with E-state index in [-0.39, 0.29) is 24.8 Å². The largest absolute Gasteiger partial charge is 0.336 e. The van der Waals surface area contributed by atoms with Crippen LogP contribution in [0, 0.1) is 5.82 Å². The third-order valence-electron chi connectivity index (χ3n) is 3.95. The molecule has 128 valence electrons. The zero-order valence-electron chi connectivity index (χ0n) is 13.4. The molecule has 3 heterocycles. The molecular formula is C17H16ClFN6. The lowest BCUT2D eigenvalue weighted by molar-refractivity contribution is 0.611. The van der Waals surface area contributed by atoms with Gasteiger partial charge in [-0.1, -0.05) is 12.1 Å². The van der Waals surface area contributed by atoms with Gasteiger partial charge in [-0.2, -0.15) is 5.10 Å². The number of rotatable bonds is 3. The summed E-state index contributed by atoms with van der Waals surface area (Å²) in [6.45, 7) is 0.174. The van der Waals surface area contributed by atoms with E-state index in [9.17, 15) is 4.39 Å². The third-order valence-corrected chi connectivity index (χ3v) is 3.95. The van der Waals surface area contributed by atoms with Crippen LogP contribution in [0.15, 0.2) is 42.9 Å². The van der Waals surface area contributed by atoms with E-state index >= 15 is 0 Å². The molecule has 0 fully saturated rings. The van der Waals surface area contributed by atoms with Gasteiger partial charge < -0.3 is 10.7 Å². The number of aromatic amines is 1. The Balaban J connectivity index is 0.00000182. The number of aryl methyl sites for hydroxylation is 1. The van der Waals surface area contributed by atoms with Crippen LogP contribution in [0.25, 0.3) is 33.7 Å². The molecule has 4 aromatic rings. The van der Waals surface area contributed by atoms with Gasteiger partial charge in [-0.25, -0.2) is 14.4 Å². The molecule has 0 aliphatic heterocycles. The summed E-state index contributed by atoms with van der Waals surface area (Å²) >= 11 is 0. The Bertz CT molecular complexity index is 1040. The molecule has 0 aliphatic carbocycles. The Hall–Kier alpha value is -2.77. The Labute approximate surface area is 149 Å². The summed E-state index contributed by atoms with van der Waals surface area (Å²) in [5.74, 6) is 0.365. The van der Waals surface area contributed by atoms with Gasteiger partial charge in [0, 0.05) is 37.1 Å². The highest BCUT2D eigenvalue weighted by Gasteiger charge is 2.13. The van der Waals surface area contributed by atoms with Gasteiger partial charge in [0.05, 0.1) is 17.3 Å². The molecule has 3 aromatic heterocycles. The lowest BCUT2D eigenvalue weighted by Gasteiger charge is -2.05. The Morgan fingerprint density at radius 2 is 2.08 bits per heavy atom. The van der Waals surface area contributed by atoms with Gasteiger partial charge >= 0.3 is 0 Å². The minimum atomic E-state index is -0.313. The van der Waals surface area contributed by atoms with E-state index < -0.39 is 0 Å². The molecule has 4 rings (SSSR count). The number of fused-ring (bicyclic) bond motifs is 1. The first-order chi connectivity index (χ1) is 11.7. The van der Waals surface area contributed by atoms with Crippen LogP contribution in [-0.2, 0) is 13.6 Å². The van der Waals surface area contributed by atoms with Crippen molar-refractivity contribution in [1.82, 2.24) is 24.7 Å². The predicted octanol–water partition coefficient (Wildman–Crippen LogP) is 3.04. The van der Waals surface area contributed by atoms with Crippen molar-refractivity contribution >= 4 is 23.6 Å². The summed E-state index contributed by atoms with van der Waals surface area (Å²) in [5, 5.41) is 4.15. The normalized spacial score (nSPS) is 10.8. The number of hydrogen-bond donors (Lipinski definition) is 2. The third kappa shape index (κ3) is 2.99. The molecule has 0 bridgehead atoms. The fraction of sp³-hybridized carbons (Fsp3) is 0.118. The molecule has 8 heteroatoms. The second kappa shape index (κ2) is 6.62. The maximum atomic E-state index is 14.1. The smallest absolute Gasteiger partial charge is 0.178 e. The average Bonchev–Trinajstić information content (AvgIpc) is 3.20. The second-order valence-corrected chi connectivity index (χ2v) is 5.56. The monoisotopic (exact) mass is 358 g/mol. The quantitative estimate of drug-likeness (QED) is 0.589. The van der Waals surface area contributed by atoms with Gasteiger partial charge in [-0.05, 0) is 17.7 Å². The molecule has 0 saturated heterocycles. The fourth-order valence-corrected chi connectivity index (χ4v) is 2.71. The van der Waals surface area contributed by atoms with Crippen molar-refractivity contribution in [1.29, 1.82) is 0 Å². The molecule has 0 aliphatic rings. The first kappa shape index (κ1) is 17.1. The summed E-state index contributed by atoms with van der Waals surface area (Å²) in [7, 11) is 1.84. The zero-order valence-corrected chi connectivity index (χ0v) is 14.2. The molecule has 6 nitrogen and oxygen atoms in total. The molecule has 0 unspecified atom stereocenters. The van der Waals surface area contributed by atoms with Crippen LogP contribution in [0.4, 0.5) is 4.39 Å². The van der Waals surface area contributed by atoms with Gasteiger partial charge in [-0.15, -0.1) is 12.4 Å². The van der Waals surface area contributed by atoms with E-state index in [4.69, 9.17) is 5.73 Å². The number of imidazole rings is 1. The molecule has 0 radical (unpaired) electrons. The average molecular weight is 359 g/mol. The van der Waals surface area contributed by atoms with Crippen molar-refractivity contribution in [2.75, 3.05) is 0 Å². The van der Waals surface area contributed by atoms with E-state index in [0.29, 0.717) is 17.0 Å². The van der Waals surface area contributed by atoms with E-state index in [2.05, 4.69) is 20.1 Å². The SMILES string of the molecule is Cl.Cn1cc(-c2nc3nccc(-c4ccc(CN)c(F)c4)c3[nH]2)cn1. The minimum Gasteiger partial charge on any atom is -0.336 e. The minimum absolute atomic E-state index is 0. The van der Waals surface area contributed by atoms with E-state index in [1.54, 1.807) is 23.1 Å². The molecule has 0 atom stereocenters. The molecule has 1 aromatic carbocycles. The van der Waals surface area contributed by atoms with Crippen LogP contribution >= 0.6 is 12.4 Å². The first-order valence-electron chi connectivity index (χ1n) is 7.48. The number of nitrogens with two attached hydrogens (primary N) is 1. The molecule has 0 saturated carbocycles.